The molecule has 0 spiro atoms. The maximum Gasteiger partial charge on any atom is 1.00 e. The predicted octanol–water partition coefficient (Wildman–Crippen LogP) is 0.445. The van der Waals surface area contributed by atoms with E-state index in [1.54, 1.807) is 0 Å². The van der Waals surface area contributed by atoms with E-state index in [2.05, 4.69) is 6.07 Å². The van der Waals surface area contributed by atoms with Gasteiger partial charge in [0.25, 0.3) is 0 Å². The van der Waals surface area contributed by atoms with Gasteiger partial charge in [0.2, 0.25) is 0 Å². The van der Waals surface area contributed by atoms with Gasteiger partial charge in [0.15, 0.2) is 0 Å². The van der Waals surface area contributed by atoms with E-state index in [0.717, 1.165) is 22.3 Å². The van der Waals surface area contributed by atoms with E-state index >= 15 is 0 Å². The van der Waals surface area contributed by atoms with E-state index in [1.807, 2.05) is 51.1 Å². The molecule has 1 atom stereocenters. The summed E-state index contributed by atoms with van der Waals surface area (Å²) >= 11 is -2.19. The van der Waals surface area contributed by atoms with Crippen molar-refractivity contribution in [3.05, 3.63) is 64.2 Å². The van der Waals surface area contributed by atoms with Crippen molar-refractivity contribution >= 4 is 11.1 Å². The third-order valence-electron chi connectivity index (χ3n) is 3.14. The van der Waals surface area contributed by atoms with Crippen molar-refractivity contribution in [1.29, 1.82) is 0 Å². The molecular formula is C16H17NaO2S. The molecule has 1 unspecified atom stereocenters. The average molecular weight is 296 g/mol. The molecule has 0 aromatic heterocycles. The zero-order chi connectivity index (χ0) is 14.0. The van der Waals surface area contributed by atoms with Gasteiger partial charge in [-0.1, -0.05) is 47.5 Å². The molecule has 20 heavy (non-hydrogen) atoms. The summed E-state index contributed by atoms with van der Waals surface area (Å²) in [4.78, 5) is 0.437. The van der Waals surface area contributed by atoms with Crippen LogP contribution in [-0.2, 0) is 17.5 Å². The Bertz CT molecular complexity index is 638. The molecule has 0 saturated heterocycles. The van der Waals surface area contributed by atoms with Crippen LogP contribution in [0.4, 0.5) is 0 Å². The quantitative estimate of drug-likeness (QED) is 0.609. The minimum absolute atomic E-state index is 0. The van der Waals surface area contributed by atoms with Crippen molar-refractivity contribution in [2.24, 2.45) is 0 Å². The molecule has 0 radical (unpaired) electrons. The first kappa shape index (κ1) is 17.6. The summed E-state index contributed by atoms with van der Waals surface area (Å²) in [5.74, 6) is 0. The Balaban J connectivity index is 0.00000200. The Labute approximate surface area is 145 Å². The number of hydrogen-bond acceptors (Lipinski definition) is 2. The van der Waals surface area contributed by atoms with Crippen LogP contribution in [0.2, 0.25) is 0 Å². The van der Waals surface area contributed by atoms with Crippen molar-refractivity contribution in [3.63, 3.8) is 0 Å². The van der Waals surface area contributed by atoms with Crippen LogP contribution in [0.15, 0.2) is 41.3 Å². The van der Waals surface area contributed by atoms with Crippen LogP contribution < -0.4 is 29.6 Å². The molecule has 2 aromatic carbocycles. The molecule has 0 bridgehead atoms. The van der Waals surface area contributed by atoms with Crippen LogP contribution in [0, 0.1) is 20.8 Å². The fraction of sp³-hybridized carbons (Fsp3) is 0.250. The van der Waals surface area contributed by atoms with Gasteiger partial charge in [-0.15, -0.1) is 0 Å². The van der Waals surface area contributed by atoms with Crippen LogP contribution in [0.1, 0.15) is 27.8 Å². The molecule has 0 aliphatic heterocycles. The van der Waals surface area contributed by atoms with E-state index in [0.29, 0.717) is 11.3 Å². The standard InChI is InChI=1S/C16H18O2S.Na/c1-11-5-4-6-14(8-11)10-15-9-12(2)7-13(3)16(15)19(17)18;/h4-9H,10H2,1-3H3,(H,17,18);/q;+1/p-1. The van der Waals surface area contributed by atoms with Gasteiger partial charge in [0, 0.05) is 4.90 Å². The van der Waals surface area contributed by atoms with Gasteiger partial charge >= 0.3 is 29.6 Å². The SMILES string of the molecule is Cc1cccc(Cc2cc(C)cc(C)c2S(=O)[O-])c1.[Na+]. The molecule has 0 aliphatic rings. The van der Waals surface area contributed by atoms with Crippen molar-refractivity contribution < 1.29 is 38.3 Å². The Kier molecular flexibility index (Phi) is 6.62. The number of rotatable bonds is 3. The summed E-state index contributed by atoms with van der Waals surface area (Å²) in [6.45, 7) is 5.87. The monoisotopic (exact) mass is 296 g/mol. The Morgan fingerprint density at radius 3 is 2.35 bits per heavy atom. The number of aryl methyl sites for hydroxylation is 3. The van der Waals surface area contributed by atoms with Crippen LogP contribution in [0.3, 0.4) is 0 Å². The fourth-order valence-corrected chi connectivity index (χ4v) is 3.12. The Hall–Kier alpha value is -0.450. The van der Waals surface area contributed by atoms with Crippen LogP contribution in [-0.4, -0.2) is 8.76 Å². The largest absolute Gasteiger partial charge is 1.00 e. The van der Waals surface area contributed by atoms with E-state index in [-0.39, 0.29) is 29.6 Å². The second-order valence-electron chi connectivity index (χ2n) is 4.97. The fourth-order valence-electron chi connectivity index (χ4n) is 2.45. The van der Waals surface area contributed by atoms with E-state index < -0.39 is 11.1 Å². The maximum atomic E-state index is 11.4. The van der Waals surface area contributed by atoms with E-state index in [9.17, 15) is 8.76 Å². The second kappa shape index (κ2) is 7.53. The van der Waals surface area contributed by atoms with Gasteiger partial charge < -0.3 is 4.55 Å². The topological polar surface area (TPSA) is 40.1 Å². The smallest absolute Gasteiger partial charge is 0.768 e. The van der Waals surface area contributed by atoms with Crippen LogP contribution >= 0.6 is 0 Å². The molecule has 0 saturated carbocycles. The molecule has 0 amide bonds. The molecular weight excluding hydrogens is 279 g/mol. The molecule has 0 fully saturated rings. The minimum Gasteiger partial charge on any atom is -0.768 e. The van der Waals surface area contributed by atoms with Crippen LogP contribution in [0.25, 0.3) is 0 Å². The normalized spacial score (nSPS) is 11.8. The minimum atomic E-state index is -2.19. The molecule has 0 aliphatic carbocycles. The molecule has 2 nitrogen and oxygen atoms in total. The van der Waals surface area contributed by atoms with Gasteiger partial charge in [-0.25, -0.2) is 0 Å². The first-order valence-electron chi connectivity index (χ1n) is 6.22. The second-order valence-corrected chi connectivity index (χ2v) is 5.85. The van der Waals surface area contributed by atoms with Crippen molar-refractivity contribution in [2.75, 3.05) is 0 Å². The molecule has 0 heterocycles. The van der Waals surface area contributed by atoms with Crippen LogP contribution in [0.5, 0.6) is 0 Å². The summed E-state index contributed by atoms with van der Waals surface area (Å²) in [5, 5.41) is 0. The number of hydrogen-bond donors (Lipinski definition) is 0. The van der Waals surface area contributed by atoms with Crippen molar-refractivity contribution in [3.8, 4) is 0 Å². The van der Waals surface area contributed by atoms with E-state index in [1.165, 1.54) is 5.56 Å². The van der Waals surface area contributed by atoms with Gasteiger partial charge in [-0.05, 0) is 55.0 Å². The summed E-state index contributed by atoms with van der Waals surface area (Å²) in [6, 6.07) is 12.0. The van der Waals surface area contributed by atoms with Crippen molar-refractivity contribution in [2.45, 2.75) is 32.1 Å². The predicted molar refractivity (Wildman–Crippen MR) is 77.1 cm³/mol. The van der Waals surface area contributed by atoms with Gasteiger partial charge in [-0.2, -0.15) is 0 Å². The summed E-state index contributed by atoms with van der Waals surface area (Å²) in [5.41, 5.74) is 5.10. The summed E-state index contributed by atoms with van der Waals surface area (Å²) < 4.78 is 22.8. The Morgan fingerprint density at radius 2 is 1.75 bits per heavy atom. The first-order chi connectivity index (χ1) is 8.97. The molecule has 2 aromatic rings. The first-order valence-corrected chi connectivity index (χ1v) is 7.30. The molecule has 2 rings (SSSR count). The molecule has 4 heteroatoms. The molecule has 100 valence electrons. The third-order valence-corrected chi connectivity index (χ3v) is 4.06. The summed E-state index contributed by atoms with van der Waals surface area (Å²) in [7, 11) is 0. The number of benzene rings is 2. The maximum absolute atomic E-state index is 11.4. The zero-order valence-electron chi connectivity index (χ0n) is 12.4. The average Bonchev–Trinajstić information content (AvgIpc) is 2.26. The van der Waals surface area contributed by atoms with Crippen molar-refractivity contribution in [1.82, 2.24) is 0 Å². The molecule has 0 N–H and O–H groups in total. The van der Waals surface area contributed by atoms with Gasteiger partial charge in [-0.3, -0.25) is 4.21 Å². The van der Waals surface area contributed by atoms with Gasteiger partial charge in [0.1, 0.15) is 0 Å². The van der Waals surface area contributed by atoms with Gasteiger partial charge in [0.05, 0.1) is 0 Å². The zero-order valence-corrected chi connectivity index (χ0v) is 15.2. The third kappa shape index (κ3) is 4.27. The Morgan fingerprint density at radius 1 is 1.05 bits per heavy atom. The summed E-state index contributed by atoms with van der Waals surface area (Å²) in [6.07, 6.45) is 0.646. The van der Waals surface area contributed by atoms with E-state index in [4.69, 9.17) is 0 Å².